The minimum absolute atomic E-state index is 0.0514. The van der Waals surface area contributed by atoms with Gasteiger partial charge in [-0.15, -0.1) is 0 Å². The summed E-state index contributed by atoms with van der Waals surface area (Å²) in [5, 5.41) is 10.2. The van der Waals surface area contributed by atoms with E-state index in [0.29, 0.717) is 6.42 Å². The topological polar surface area (TPSA) is 76.6 Å². The SMILES string of the molecule is C[C@@H]1c2[nH]c3ccccc3c2C[C@H]2C(=O)N(CCO)CC(=O)N12. The highest BCUT2D eigenvalue weighted by atomic mass is 16.3. The number of amides is 2. The van der Waals surface area contributed by atoms with Crippen molar-refractivity contribution in [2.24, 2.45) is 0 Å². The molecular weight excluding hydrogens is 294 g/mol. The molecule has 1 aromatic heterocycles. The van der Waals surface area contributed by atoms with E-state index in [-0.39, 0.29) is 37.6 Å². The second kappa shape index (κ2) is 5.09. The molecule has 1 aromatic carbocycles. The van der Waals surface area contributed by atoms with Crippen molar-refractivity contribution in [1.82, 2.24) is 14.8 Å². The van der Waals surface area contributed by atoms with Gasteiger partial charge in [-0.2, -0.15) is 0 Å². The van der Waals surface area contributed by atoms with Crippen molar-refractivity contribution in [3.8, 4) is 0 Å². The van der Waals surface area contributed by atoms with Crippen LogP contribution in [0.15, 0.2) is 24.3 Å². The molecule has 2 aliphatic rings. The molecule has 23 heavy (non-hydrogen) atoms. The first-order valence-corrected chi connectivity index (χ1v) is 7.92. The number of carbonyl (C=O) groups excluding carboxylic acids is 2. The van der Waals surface area contributed by atoms with Crippen LogP contribution in [0.3, 0.4) is 0 Å². The summed E-state index contributed by atoms with van der Waals surface area (Å²) in [5.74, 6) is -0.124. The zero-order valence-electron chi connectivity index (χ0n) is 13.0. The van der Waals surface area contributed by atoms with E-state index in [1.165, 1.54) is 4.90 Å². The number of H-pyrrole nitrogens is 1. The van der Waals surface area contributed by atoms with Crippen LogP contribution in [0.25, 0.3) is 10.9 Å². The smallest absolute Gasteiger partial charge is 0.246 e. The molecule has 2 aromatic rings. The second-order valence-electron chi connectivity index (χ2n) is 6.24. The van der Waals surface area contributed by atoms with Gasteiger partial charge in [0.2, 0.25) is 11.8 Å². The summed E-state index contributed by atoms with van der Waals surface area (Å²) in [6, 6.07) is 7.41. The molecule has 1 saturated heterocycles. The lowest BCUT2D eigenvalue weighted by Crippen LogP contribution is -2.62. The maximum absolute atomic E-state index is 12.7. The number of aromatic nitrogens is 1. The highest BCUT2D eigenvalue weighted by Gasteiger charge is 2.45. The quantitative estimate of drug-likeness (QED) is 0.862. The molecule has 2 aliphatic heterocycles. The standard InChI is InChI=1S/C17H19N3O3/c1-10-16-12(11-4-2-3-5-13(11)18-16)8-14-17(23)19(6-7-21)9-15(22)20(10)14/h2-5,10,14,18,21H,6-9H2,1H3/t10-,14+/m1/s1. The first kappa shape index (κ1) is 14.3. The Hall–Kier alpha value is -2.34. The summed E-state index contributed by atoms with van der Waals surface area (Å²) in [6.45, 7) is 2.10. The molecule has 0 spiro atoms. The van der Waals surface area contributed by atoms with E-state index in [9.17, 15) is 9.59 Å². The van der Waals surface area contributed by atoms with Crippen molar-refractivity contribution in [2.75, 3.05) is 19.7 Å². The van der Waals surface area contributed by atoms with Gasteiger partial charge in [0.25, 0.3) is 0 Å². The molecule has 0 radical (unpaired) electrons. The van der Waals surface area contributed by atoms with Crippen molar-refractivity contribution < 1.29 is 14.7 Å². The lowest BCUT2D eigenvalue weighted by Gasteiger charge is -2.45. The molecule has 2 amide bonds. The zero-order chi connectivity index (χ0) is 16.1. The molecule has 4 rings (SSSR count). The first-order chi connectivity index (χ1) is 11.1. The molecule has 0 saturated carbocycles. The van der Waals surface area contributed by atoms with Crippen LogP contribution in [-0.4, -0.2) is 57.4 Å². The van der Waals surface area contributed by atoms with Crippen LogP contribution in [0.1, 0.15) is 24.2 Å². The van der Waals surface area contributed by atoms with Gasteiger partial charge in [-0.1, -0.05) is 18.2 Å². The summed E-state index contributed by atoms with van der Waals surface area (Å²) in [4.78, 5) is 31.8. The van der Waals surface area contributed by atoms with E-state index >= 15 is 0 Å². The average Bonchev–Trinajstić information content (AvgIpc) is 2.92. The Labute approximate surface area is 133 Å². The lowest BCUT2D eigenvalue weighted by molar-refractivity contribution is -0.159. The summed E-state index contributed by atoms with van der Waals surface area (Å²) < 4.78 is 0. The number of para-hydroxylation sites is 1. The maximum atomic E-state index is 12.7. The Morgan fingerprint density at radius 3 is 2.87 bits per heavy atom. The second-order valence-corrected chi connectivity index (χ2v) is 6.24. The minimum atomic E-state index is -0.468. The van der Waals surface area contributed by atoms with E-state index in [1.54, 1.807) is 4.90 Å². The number of piperazine rings is 1. The molecule has 1 fully saturated rings. The summed E-state index contributed by atoms with van der Waals surface area (Å²) in [5.41, 5.74) is 3.19. The largest absolute Gasteiger partial charge is 0.395 e. The zero-order valence-corrected chi connectivity index (χ0v) is 13.0. The fourth-order valence-electron chi connectivity index (χ4n) is 3.94. The van der Waals surface area contributed by atoms with Crippen molar-refractivity contribution in [3.05, 3.63) is 35.5 Å². The molecule has 6 heteroatoms. The number of aliphatic hydroxyl groups is 1. The normalized spacial score (nSPS) is 24.1. The van der Waals surface area contributed by atoms with Crippen LogP contribution in [0.2, 0.25) is 0 Å². The number of carbonyl (C=O) groups is 2. The molecule has 0 bridgehead atoms. The van der Waals surface area contributed by atoms with E-state index in [2.05, 4.69) is 4.98 Å². The predicted molar refractivity (Wildman–Crippen MR) is 84.7 cm³/mol. The van der Waals surface area contributed by atoms with Crippen LogP contribution in [0, 0.1) is 0 Å². The van der Waals surface area contributed by atoms with Crippen molar-refractivity contribution in [3.63, 3.8) is 0 Å². The van der Waals surface area contributed by atoms with Crippen LogP contribution in [-0.2, 0) is 16.0 Å². The molecule has 6 nitrogen and oxygen atoms in total. The Balaban J connectivity index is 1.80. The number of hydrogen-bond donors (Lipinski definition) is 2. The summed E-state index contributed by atoms with van der Waals surface area (Å²) in [6.07, 6.45) is 0.524. The minimum Gasteiger partial charge on any atom is -0.395 e. The molecule has 120 valence electrons. The van der Waals surface area contributed by atoms with Gasteiger partial charge in [0.15, 0.2) is 0 Å². The van der Waals surface area contributed by atoms with Gasteiger partial charge in [0.05, 0.1) is 19.2 Å². The molecule has 0 aliphatic carbocycles. The first-order valence-electron chi connectivity index (χ1n) is 7.92. The summed E-state index contributed by atoms with van der Waals surface area (Å²) >= 11 is 0. The summed E-state index contributed by atoms with van der Waals surface area (Å²) in [7, 11) is 0. The van der Waals surface area contributed by atoms with Crippen molar-refractivity contribution >= 4 is 22.7 Å². The number of fused-ring (bicyclic) bond motifs is 4. The number of nitrogens with zero attached hydrogens (tertiary/aromatic N) is 2. The van der Waals surface area contributed by atoms with E-state index < -0.39 is 6.04 Å². The Morgan fingerprint density at radius 2 is 2.09 bits per heavy atom. The predicted octanol–water partition coefficient (Wildman–Crippen LogP) is 0.817. The van der Waals surface area contributed by atoms with E-state index in [4.69, 9.17) is 5.11 Å². The number of hydrogen-bond acceptors (Lipinski definition) is 3. The number of rotatable bonds is 2. The van der Waals surface area contributed by atoms with Gasteiger partial charge in [0.1, 0.15) is 6.04 Å². The van der Waals surface area contributed by atoms with Gasteiger partial charge in [0, 0.05) is 29.6 Å². The van der Waals surface area contributed by atoms with Gasteiger partial charge in [-0.25, -0.2) is 0 Å². The average molecular weight is 313 g/mol. The molecule has 3 heterocycles. The molecule has 0 unspecified atom stereocenters. The van der Waals surface area contributed by atoms with Gasteiger partial charge < -0.3 is 19.9 Å². The number of benzene rings is 1. The van der Waals surface area contributed by atoms with Gasteiger partial charge >= 0.3 is 0 Å². The molecule has 2 atom stereocenters. The number of aliphatic hydroxyl groups excluding tert-OH is 1. The highest BCUT2D eigenvalue weighted by molar-refractivity contribution is 5.97. The Morgan fingerprint density at radius 1 is 1.30 bits per heavy atom. The van der Waals surface area contributed by atoms with Crippen molar-refractivity contribution in [2.45, 2.75) is 25.4 Å². The lowest BCUT2D eigenvalue weighted by atomic mass is 9.90. The van der Waals surface area contributed by atoms with Gasteiger partial charge in [-0.3, -0.25) is 9.59 Å². The number of β-amino-alcohol motifs (C(OH)–C–C–N with tert-alkyl or cyclic N) is 1. The van der Waals surface area contributed by atoms with Crippen LogP contribution < -0.4 is 0 Å². The number of nitrogens with one attached hydrogen (secondary N) is 1. The van der Waals surface area contributed by atoms with Crippen LogP contribution in [0.5, 0.6) is 0 Å². The van der Waals surface area contributed by atoms with Crippen molar-refractivity contribution in [1.29, 1.82) is 0 Å². The van der Waals surface area contributed by atoms with E-state index in [0.717, 1.165) is 22.2 Å². The third-order valence-corrected chi connectivity index (χ3v) is 5.00. The third-order valence-electron chi connectivity index (χ3n) is 5.00. The fourth-order valence-corrected chi connectivity index (χ4v) is 3.94. The molecular formula is C17H19N3O3. The van der Waals surface area contributed by atoms with Gasteiger partial charge in [-0.05, 0) is 18.6 Å². The molecule has 2 N–H and O–H groups in total. The monoisotopic (exact) mass is 313 g/mol. The Bertz CT molecular complexity index is 797. The number of aromatic amines is 1. The highest BCUT2D eigenvalue weighted by Crippen LogP contribution is 2.38. The Kier molecular flexibility index (Phi) is 3.16. The fraction of sp³-hybridized carbons (Fsp3) is 0.412. The van der Waals surface area contributed by atoms with E-state index in [1.807, 2.05) is 31.2 Å². The van der Waals surface area contributed by atoms with Crippen LogP contribution >= 0.6 is 0 Å². The third kappa shape index (κ3) is 1.98. The van der Waals surface area contributed by atoms with Crippen LogP contribution in [0.4, 0.5) is 0 Å². The maximum Gasteiger partial charge on any atom is 0.246 e.